The van der Waals surface area contributed by atoms with Crippen molar-refractivity contribution in [1.82, 2.24) is 9.78 Å². The van der Waals surface area contributed by atoms with Crippen LogP contribution in [0.25, 0.3) is 0 Å². The number of hydrogen-bond donors (Lipinski definition) is 1. The SMILES string of the molecule is Cc1nn(C)cc1NC(=O)c1cc(F)ccc1Br. The zero-order valence-electron chi connectivity index (χ0n) is 9.87. The second-order valence-electron chi connectivity index (χ2n) is 3.88. The Bertz CT molecular complexity index is 609. The lowest BCUT2D eigenvalue weighted by Gasteiger charge is -2.05. The number of carbonyl (C=O) groups is 1. The number of nitrogens with one attached hydrogen (secondary N) is 1. The van der Waals surface area contributed by atoms with Crippen LogP contribution in [-0.4, -0.2) is 15.7 Å². The van der Waals surface area contributed by atoms with E-state index in [-0.39, 0.29) is 11.5 Å². The number of rotatable bonds is 2. The Labute approximate surface area is 112 Å². The van der Waals surface area contributed by atoms with E-state index < -0.39 is 5.82 Å². The van der Waals surface area contributed by atoms with Gasteiger partial charge in [0, 0.05) is 17.7 Å². The van der Waals surface area contributed by atoms with Gasteiger partial charge >= 0.3 is 0 Å². The third kappa shape index (κ3) is 2.59. The van der Waals surface area contributed by atoms with Crippen molar-refractivity contribution in [3.63, 3.8) is 0 Å². The summed E-state index contributed by atoms with van der Waals surface area (Å²) in [5.41, 5.74) is 1.57. The summed E-state index contributed by atoms with van der Waals surface area (Å²) in [5.74, 6) is -0.830. The zero-order valence-corrected chi connectivity index (χ0v) is 11.5. The van der Waals surface area contributed by atoms with Crippen molar-refractivity contribution in [1.29, 1.82) is 0 Å². The first-order valence-electron chi connectivity index (χ1n) is 5.24. The summed E-state index contributed by atoms with van der Waals surface area (Å²) < 4.78 is 15.3. The number of hydrogen-bond acceptors (Lipinski definition) is 2. The Kier molecular flexibility index (Phi) is 3.47. The molecule has 0 atom stereocenters. The minimum atomic E-state index is -0.453. The van der Waals surface area contributed by atoms with Crippen LogP contribution >= 0.6 is 15.9 Å². The van der Waals surface area contributed by atoms with Gasteiger partial charge in [-0.2, -0.15) is 5.10 Å². The molecule has 0 spiro atoms. The van der Waals surface area contributed by atoms with E-state index >= 15 is 0 Å². The Hall–Kier alpha value is -1.69. The van der Waals surface area contributed by atoms with Crippen LogP contribution in [0.5, 0.6) is 0 Å². The molecule has 6 heteroatoms. The van der Waals surface area contributed by atoms with Crippen LogP contribution in [0, 0.1) is 12.7 Å². The van der Waals surface area contributed by atoms with E-state index in [1.54, 1.807) is 24.9 Å². The number of aryl methyl sites for hydroxylation is 2. The molecule has 0 aliphatic heterocycles. The van der Waals surface area contributed by atoms with Gasteiger partial charge in [-0.3, -0.25) is 9.48 Å². The Morgan fingerprint density at radius 2 is 2.22 bits per heavy atom. The van der Waals surface area contributed by atoms with E-state index in [1.165, 1.54) is 18.2 Å². The summed E-state index contributed by atoms with van der Waals surface area (Å²) in [6.07, 6.45) is 1.69. The molecule has 0 radical (unpaired) electrons. The molecule has 0 unspecified atom stereocenters. The fourth-order valence-corrected chi connectivity index (χ4v) is 2.01. The Balaban J connectivity index is 2.27. The lowest BCUT2D eigenvalue weighted by molar-refractivity contribution is 0.102. The van der Waals surface area contributed by atoms with E-state index in [0.29, 0.717) is 15.9 Å². The standard InChI is InChI=1S/C12H11BrFN3O/c1-7-11(6-17(2)16-7)15-12(18)9-5-8(14)3-4-10(9)13/h3-6H,1-2H3,(H,15,18). The van der Waals surface area contributed by atoms with Crippen molar-refractivity contribution < 1.29 is 9.18 Å². The second-order valence-corrected chi connectivity index (χ2v) is 4.73. The molecule has 94 valence electrons. The molecule has 0 aliphatic carbocycles. The molecule has 2 aromatic rings. The first-order chi connectivity index (χ1) is 8.47. The molecule has 1 amide bonds. The fourth-order valence-electron chi connectivity index (χ4n) is 1.58. The predicted octanol–water partition coefficient (Wildman–Crippen LogP) is 2.88. The monoisotopic (exact) mass is 311 g/mol. The molecule has 1 heterocycles. The molecular weight excluding hydrogens is 301 g/mol. The summed E-state index contributed by atoms with van der Waals surface area (Å²) in [4.78, 5) is 12.0. The molecular formula is C12H11BrFN3O. The van der Waals surface area contributed by atoms with Gasteiger partial charge in [0.2, 0.25) is 0 Å². The quantitative estimate of drug-likeness (QED) is 0.927. The number of anilines is 1. The predicted molar refractivity (Wildman–Crippen MR) is 70.0 cm³/mol. The molecule has 0 aliphatic rings. The highest BCUT2D eigenvalue weighted by molar-refractivity contribution is 9.10. The number of carbonyl (C=O) groups excluding carboxylic acids is 1. The highest BCUT2D eigenvalue weighted by Gasteiger charge is 2.13. The maximum atomic E-state index is 13.1. The van der Waals surface area contributed by atoms with Crippen molar-refractivity contribution in [3.8, 4) is 0 Å². The number of benzene rings is 1. The molecule has 0 bridgehead atoms. The van der Waals surface area contributed by atoms with Crippen molar-refractivity contribution in [3.05, 3.63) is 45.9 Å². The summed E-state index contributed by atoms with van der Waals surface area (Å²) in [6, 6.07) is 3.97. The maximum Gasteiger partial charge on any atom is 0.257 e. The van der Waals surface area contributed by atoms with Gasteiger partial charge in [0.1, 0.15) is 5.82 Å². The third-order valence-electron chi connectivity index (χ3n) is 2.43. The topological polar surface area (TPSA) is 46.9 Å². The summed E-state index contributed by atoms with van der Waals surface area (Å²) in [5, 5.41) is 6.81. The van der Waals surface area contributed by atoms with E-state index in [2.05, 4.69) is 26.3 Å². The van der Waals surface area contributed by atoms with Crippen LogP contribution in [0.4, 0.5) is 10.1 Å². The van der Waals surface area contributed by atoms with Crippen molar-refractivity contribution in [2.24, 2.45) is 7.05 Å². The lowest BCUT2D eigenvalue weighted by atomic mass is 10.2. The first-order valence-corrected chi connectivity index (χ1v) is 6.03. The minimum absolute atomic E-state index is 0.248. The third-order valence-corrected chi connectivity index (χ3v) is 3.13. The normalized spacial score (nSPS) is 10.4. The highest BCUT2D eigenvalue weighted by Crippen LogP contribution is 2.20. The van der Waals surface area contributed by atoms with E-state index in [4.69, 9.17) is 0 Å². The average Bonchev–Trinajstić information content (AvgIpc) is 2.61. The van der Waals surface area contributed by atoms with Crippen LogP contribution in [0.3, 0.4) is 0 Å². The van der Waals surface area contributed by atoms with E-state index in [1.807, 2.05) is 0 Å². The van der Waals surface area contributed by atoms with Gasteiger partial charge < -0.3 is 5.32 Å². The fraction of sp³-hybridized carbons (Fsp3) is 0.167. The Morgan fingerprint density at radius 3 is 2.83 bits per heavy atom. The van der Waals surface area contributed by atoms with Crippen molar-refractivity contribution in [2.75, 3.05) is 5.32 Å². The summed E-state index contributed by atoms with van der Waals surface area (Å²) in [6.45, 7) is 1.79. The van der Waals surface area contributed by atoms with Crippen LogP contribution in [0.1, 0.15) is 16.1 Å². The zero-order chi connectivity index (χ0) is 13.3. The largest absolute Gasteiger partial charge is 0.319 e. The van der Waals surface area contributed by atoms with Gasteiger partial charge in [0.05, 0.1) is 16.9 Å². The molecule has 0 saturated carbocycles. The average molecular weight is 312 g/mol. The summed E-state index contributed by atoms with van der Waals surface area (Å²) >= 11 is 3.22. The van der Waals surface area contributed by atoms with Gasteiger partial charge in [-0.1, -0.05) is 0 Å². The van der Waals surface area contributed by atoms with Gasteiger partial charge in [0.15, 0.2) is 0 Å². The number of aromatic nitrogens is 2. The Morgan fingerprint density at radius 1 is 1.50 bits per heavy atom. The molecule has 1 N–H and O–H groups in total. The lowest BCUT2D eigenvalue weighted by Crippen LogP contribution is -2.13. The summed E-state index contributed by atoms with van der Waals surface area (Å²) in [7, 11) is 1.76. The highest BCUT2D eigenvalue weighted by atomic mass is 79.9. The van der Waals surface area contributed by atoms with Crippen LogP contribution in [0.2, 0.25) is 0 Å². The van der Waals surface area contributed by atoms with Gasteiger partial charge in [-0.25, -0.2) is 4.39 Å². The molecule has 1 aromatic heterocycles. The van der Waals surface area contributed by atoms with Crippen molar-refractivity contribution >= 4 is 27.5 Å². The maximum absolute atomic E-state index is 13.1. The molecule has 2 rings (SSSR count). The molecule has 0 fully saturated rings. The smallest absolute Gasteiger partial charge is 0.257 e. The van der Waals surface area contributed by atoms with Crippen molar-refractivity contribution in [2.45, 2.75) is 6.92 Å². The van der Waals surface area contributed by atoms with Crippen LogP contribution < -0.4 is 5.32 Å². The number of halogens is 2. The second kappa shape index (κ2) is 4.89. The van der Waals surface area contributed by atoms with E-state index in [9.17, 15) is 9.18 Å². The molecule has 4 nitrogen and oxygen atoms in total. The first kappa shape index (κ1) is 12.8. The number of nitrogens with zero attached hydrogens (tertiary/aromatic N) is 2. The van der Waals surface area contributed by atoms with Crippen LogP contribution in [-0.2, 0) is 7.05 Å². The molecule has 18 heavy (non-hydrogen) atoms. The molecule has 1 aromatic carbocycles. The minimum Gasteiger partial charge on any atom is -0.319 e. The van der Waals surface area contributed by atoms with Gasteiger partial charge in [-0.05, 0) is 41.1 Å². The molecule has 0 saturated heterocycles. The van der Waals surface area contributed by atoms with E-state index in [0.717, 1.165) is 0 Å². The van der Waals surface area contributed by atoms with Gasteiger partial charge in [-0.15, -0.1) is 0 Å². The van der Waals surface area contributed by atoms with Crippen LogP contribution in [0.15, 0.2) is 28.9 Å². The van der Waals surface area contributed by atoms with Gasteiger partial charge in [0.25, 0.3) is 5.91 Å². The number of amides is 1.